The molecule has 0 aromatic heterocycles. The monoisotopic (exact) mass is 402 g/mol. The standard InChI is InChI=1S/C26H26O4/c1-18-11-12-19(2)24(15-18)23(13-14-25(27)28)26(29)21-9-6-10-22(16-21)30-17-20-7-4-3-5-8-20/h3-12,15-16,23H,13-14,17H2,1-2H3,(H,27,28). The van der Waals surface area contributed by atoms with Gasteiger partial charge in [-0.1, -0.05) is 66.2 Å². The summed E-state index contributed by atoms with van der Waals surface area (Å²) in [6, 6.07) is 22.9. The van der Waals surface area contributed by atoms with E-state index in [0.29, 0.717) is 17.9 Å². The van der Waals surface area contributed by atoms with Gasteiger partial charge in [0.15, 0.2) is 5.78 Å². The van der Waals surface area contributed by atoms with E-state index in [2.05, 4.69) is 0 Å². The highest BCUT2D eigenvalue weighted by Gasteiger charge is 2.25. The van der Waals surface area contributed by atoms with Crippen molar-refractivity contribution in [3.8, 4) is 5.75 Å². The summed E-state index contributed by atoms with van der Waals surface area (Å²) in [5.74, 6) is -0.888. The minimum absolute atomic E-state index is 0.0615. The van der Waals surface area contributed by atoms with Crippen LogP contribution in [0.5, 0.6) is 5.75 Å². The Bertz CT molecular complexity index is 1020. The molecular weight excluding hydrogens is 376 g/mol. The molecule has 0 spiro atoms. The molecule has 1 unspecified atom stereocenters. The summed E-state index contributed by atoms with van der Waals surface area (Å²) in [4.78, 5) is 24.6. The lowest BCUT2D eigenvalue weighted by atomic mass is 9.84. The quantitative estimate of drug-likeness (QED) is 0.465. The molecule has 0 aliphatic heterocycles. The van der Waals surface area contributed by atoms with Crippen molar-refractivity contribution < 1.29 is 19.4 Å². The number of carboxylic acid groups (broad SMARTS) is 1. The van der Waals surface area contributed by atoms with E-state index in [1.54, 1.807) is 18.2 Å². The molecule has 1 N–H and O–H groups in total. The first-order valence-corrected chi connectivity index (χ1v) is 10.0. The lowest BCUT2D eigenvalue weighted by Crippen LogP contribution is -2.16. The maximum atomic E-state index is 13.4. The number of carbonyl (C=O) groups is 2. The Kier molecular flexibility index (Phi) is 7.02. The minimum Gasteiger partial charge on any atom is -0.489 e. The molecule has 4 nitrogen and oxygen atoms in total. The van der Waals surface area contributed by atoms with Crippen molar-refractivity contribution in [1.29, 1.82) is 0 Å². The zero-order chi connectivity index (χ0) is 21.5. The average Bonchev–Trinajstić information content (AvgIpc) is 2.75. The Morgan fingerprint density at radius 2 is 1.70 bits per heavy atom. The smallest absolute Gasteiger partial charge is 0.303 e. The highest BCUT2D eigenvalue weighted by atomic mass is 16.5. The van der Waals surface area contributed by atoms with Gasteiger partial charge in [-0.15, -0.1) is 0 Å². The SMILES string of the molecule is Cc1ccc(C)c(C(CCC(=O)O)C(=O)c2cccc(OCc3ccccc3)c2)c1. The second-order valence-corrected chi connectivity index (χ2v) is 7.51. The molecule has 3 aromatic rings. The second-order valence-electron chi connectivity index (χ2n) is 7.51. The van der Waals surface area contributed by atoms with Crippen LogP contribution in [0.2, 0.25) is 0 Å². The van der Waals surface area contributed by atoms with Gasteiger partial charge in [-0.2, -0.15) is 0 Å². The van der Waals surface area contributed by atoms with E-state index in [1.165, 1.54) is 0 Å². The summed E-state index contributed by atoms with van der Waals surface area (Å²) in [5.41, 5.74) is 4.49. The maximum absolute atomic E-state index is 13.4. The molecule has 0 heterocycles. The van der Waals surface area contributed by atoms with Crippen LogP contribution < -0.4 is 4.74 Å². The van der Waals surface area contributed by atoms with Gasteiger partial charge in [-0.25, -0.2) is 0 Å². The lowest BCUT2D eigenvalue weighted by Gasteiger charge is -2.19. The van der Waals surface area contributed by atoms with E-state index >= 15 is 0 Å². The number of aliphatic carboxylic acids is 1. The van der Waals surface area contributed by atoms with Gasteiger partial charge >= 0.3 is 5.97 Å². The van der Waals surface area contributed by atoms with Crippen LogP contribution in [0, 0.1) is 13.8 Å². The number of Topliss-reactive ketones (excluding diaryl/α,β-unsaturated/α-hetero) is 1. The third-order valence-corrected chi connectivity index (χ3v) is 5.14. The Balaban J connectivity index is 1.84. The maximum Gasteiger partial charge on any atom is 0.303 e. The van der Waals surface area contributed by atoms with E-state index in [1.807, 2.05) is 68.4 Å². The molecule has 3 aromatic carbocycles. The average molecular weight is 402 g/mol. The topological polar surface area (TPSA) is 63.6 Å². The van der Waals surface area contributed by atoms with Crippen LogP contribution in [0.25, 0.3) is 0 Å². The van der Waals surface area contributed by atoms with Crippen molar-refractivity contribution in [2.75, 3.05) is 0 Å². The fraction of sp³-hybridized carbons (Fsp3) is 0.231. The van der Waals surface area contributed by atoms with Crippen LogP contribution in [0.15, 0.2) is 72.8 Å². The van der Waals surface area contributed by atoms with E-state index in [9.17, 15) is 14.7 Å². The molecule has 0 saturated heterocycles. The van der Waals surface area contributed by atoms with Gasteiger partial charge in [0.05, 0.1) is 0 Å². The molecule has 0 saturated carbocycles. The Labute approximate surface area is 177 Å². The van der Waals surface area contributed by atoms with Gasteiger partial charge in [-0.05, 0) is 49.1 Å². The first-order chi connectivity index (χ1) is 14.4. The van der Waals surface area contributed by atoms with Crippen LogP contribution in [-0.4, -0.2) is 16.9 Å². The van der Waals surface area contributed by atoms with Crippen molar-refractivity contribution in [3.05, 3.63) is 101 Å². The highest BCUT2D eigenvalue weighted by molar-refractivity contribution is 6.01. The zero-order valence-electron chi connectivity index (χ0n) is 17.3. The van der Waals surface area contributed by atoms with E-state index in [0.717, 1.165) is 22.3 Å². The number of carboxylic acids is 1. The largest absolute Gasteiger partial charge is 0.489 e. The first kappa shape index (κ1) is 21.3. The predicted octanol–water partition coefficient (Wildman–Crippen LogP) is 5.71. The van der Waals surface area contributed by atoms with Crippen LogP contribution in [0.3, 0.4) is 0 Å². The van der Waals surface area contributed by atoms with Crippen LogP contribution in [0.1, 0.15) is 51.4 Å². The number of aryl methyl sites for hydroxylation is 2. The van der Waals surface area contributed by atoms with E-state index in [-0.39, 0.29) is 18.6 Å². The zero-order valence-corrected chi connectivity index (χ0v) is 17.3. The van der Waals surface area contributed by atoms with E-state index in [4.69, 9.17) is 4.74 Å². The molecule has 0 aliphatic rings. The molecule has 3 rings (SSSR count). The normalized spacial score (nSPS) is 11.7. The van der Waals surface area contributed by atoms with Gasteiger partial charge in [0, 0.05) is 17.9 Å². The molecule has 0 fully saturated rings. The van der Waals surface area contributed by atoms with Crippen molar-refractivity contribution in [2.24, 2.45) is 0 Å². The van der Waals surface area contributed by atoms with E-state index < -0.39 is 11.9 Å². The fourth-order valence-electron chi connectivity index (χ4n) is 3.51. The van der Waals surface area contributed by atoms with Gasteiger partial charge < -0.3 is 9.84 Å². The highest BCUT2D eigenvalue weighted by Crippen LogP contribution is 2.30. The molecule has 0 aliphatic carbocycles. The summed E-state index contributed by atoms with van der Waals surface area (Å²) < 4.78 is 5.86. The Morgan fingerprint density at radius 1 is 0.933 bits per heavy atom. The predicted molar refractivity (Wildman–Crippen MR) is 117 cm³/mol. The summed E-state index contributed by atoms with van der Waals surface area (Å²) in [6.45, 7) is 4.34. The van der Waals surface area contributed by atoms with Gasteiger partial charge in [-0.3, -0.25) is 9.59 Å². The van der Waals surface area contributed by atoms with Crippen LogP contribution in [0.4, 0.5) is 0 Å². The molecule has 0 radical (unpaired) electrons. The van der Waals surface area contributed by atoms with Crippen molar-refractivity contribution in [1.82, 2.24) is 0 Å². The minimum atomic E-state index is -0.905. The molecule has 4 heteroatoms. The van der Waals surface area contributed by atoms with Crippen molar-refractivity contribution in [2.45, 2.75) is 39.2 Å². The molecule has 0 bridgehead atoms. The summed E-state index contributed by atoms with van der Waals surface area (Å²) in [5, 5.41) is 9.18. The third-order valence-electron chi connectivity index (χ3n) is 5.14. The second kappa shape index (κ2) is 9.88. The molecule has 154 valence electrons. The lowest BCUT2D eigenvalue weighted by molar-refractivity contribution is -0.137. The first-order valence-electron chi connectivity index (χ1n) is 10.0. The number of rotatable bonds is 9. The van der Waals surface area contributed by atoms with Gasteiger partial charge in [0.2, 0.25) is 0 Å². The number of carbonyl (C=O) groups excluding carboxylic acids is 1. The number of ketones is 1. The Morgan fingerprint density at radius 3 is 2.43 bits per heavy atom. The van der Waals surface area contributed by atoms with Gasteiger partial charge in [0.25, 0.3) is 0 Å². The number of ether oxygens (including phenoxy) is 1. The molecule has 1 atom stereocenters. The summed E-state index contributed by atoms with van der Waals surface area (Å²) in [7, 11) is 0. The number of benzene rings is 3. The summed E-state index contributed by atoms with van der Waals surface area (Å²) >= 11 is 0. The molecule has 30 heavy (non-hydrogen) atoms. The van der Waals surface area contributed by atoms with Crippen LogP contribution >= 0.6 is 0 Å². The van der Waals surface area contributed by atoms with Crippen molar-refractivity contribution >= 4 is 11.8 Å². The summed E-state index contributed by atoms with van der Waals surface area (Å²) in [6.07, 6.45) is 0.196. The number of hydrogen-bond acceptors (Lipinski definition) is 3. The van der Waals surface area contributed by atoms with Crippen molar-refractivity contribution in [3.63, 3.8) is 0 Å². The van der Waals surface area contributed by atoms with Crippen LogP contribution in [-0.2, 0) is 11.4 Å². The Hall–Kier alpha value is -3.40. The third kappa shape index (κ3) is 5.57. The number of hydrogen-bond donors (Lipinski definition) is 1. The molecule has 0 amide bonds. The van der Waals surface area contributed by atoms with Gasteiger partial charge in [0.1, 0.15) is 12.4 Å². The molecular formula is C26H26O4. The fourth-order valence-corrected chi connectivity index (χ4v) is 3.51.